The van der Waals surface area contributed by atoms with Crippen LogP contribution in [0.5, 0.6) is 0 Å². The van der Waals surface area contributed by atoms with Gasteiger partial charge in [0.25, 0.3) is 5.91 Å². The maximum Gasteiger partial charge on any atom is 0.305 e. The third-order valence-electron chi connectivity index (χ3n) is 2.75. The van der Waals surface area contributed by atoms with Gasteiger partial charge in [-0.25, -0.2) is 0 Å². The molecule has 1 heterocycles. The highest BCUT2D eigenvalue weighted by Crippen LogP contribution is 2.29. The molecule has 7 nitrogen and oxygen atoms in total. The number of hydrogen-bond acceptors (Lipinski definition) is 5. The number of nitro groups is 1. The van der Waals surface area contributed by atoms with Gasteiger partial charge in [-0.1, -0.05) is 6.07 Å². The zero-order valence-corrected chi connectivity index (χ0v) is 12.5. The van der Waals surface area contributed by atoms with Crippen molar-refractivity contribution in [1.82, 2.24) is 4.98 Å². The van der Waals surface area contributed by atoms with Crippen molar-refractivity contribution in [2.24, 2.45) is 0 Å². The van der Waals surface area contributed by atoms with Crippen molar-refractivity contribution < 1.29 is 9.72 Å². The van der Waals surface area contributed by atoms with Crippen LogP contribution < -0.4 is 10.6 Å². The van der Waals surface area contributed by atoms with Crippen LogP contribution >= 0.6 is 15.9 Å². The van der Waals surface area contributed by atoms with Gasteiger partial charge >= 0.3 is 5.69 Å². The van der Waals surface area contributed by atoms with E-state index in [0.717, 1.165) is 0 Å². The summed E-state index contributed by atoms with van der Waals surface area (Å²) >= 11 is 3.25. The highest BCUT2D eigenvalue weighted by Gasteiger charge is 2.24. The third kappa shape index (κ3) is 3.16. The predicted octanol–water partition coefficient (Wildman–Crippen LogP) is 3.05. The quantitative estimate of drug-likeness (QED) is 0.652. The second-order valence-electron chi connectivity index (χ2n) is 4.02. The van der Waals surface area contributed by atoms with Crippen LogP contribution in [0.1, 0.15) is 10.4 Å². The normalized spacial score (nSPS) is 10.0. The van der Waals surface area contributed by atoms with Crippen LogP contribution in [0.2, 0.25) is 0 Å². The Balaban J connectivity index is 2.40. The van der Waals surface area contributed by atoms with E-state index in [0.29, 0.717) is 10.2 Å². The van der Waals surface area contributed by atoms with Gasteiger partial charge in [0.2, 0.25) is 0 Å². The number of aromatic nitrogens is 1. The van der Waals surface area contributed by atoms with Gasteiger partial charge in [-0.15, -0.1) is 0 Å². The van der Waals surface area contributed by atoms with E-state index in [2.05, 4.69) is 31.5 Å². The number of carbonyl (C=O) groups excluding carboxylic acids is 1. The summed E-state index contributed by atoms with van der Waals surface area (Å²) in [5.74, 6) is -0.564. The molecule has 0 atom stereocenters. The lowest BCUT2D eigenvalue weighted by molar-refractivity contribution is -0.384. The number of halogens is 1. The summed E-state index contributed by atoms with van der Waals surface area (Å²) in [6.07, 6.45) is 3.03. The van der Waals surface area contributed by atoms with E-state index in [1.165, 1.54) is 24.5 Å². The van der Waals surface area contributed by atoms with E-state index in [1.54, 1.807) is 19.2 Å². The smallest absolute Gasteiger partial charge is 0.305 e. The van der Waals surface area contributed by atoms with Crippen LogP contribution in [0.15, 0.2) is 41.1 Å². The first-order valence-corrected chi connectivity index (χ1v) is 6.70. The Labute approximate surface area is 128 Å². The highest BCUT2D eigenvalue weighted by atomic mass is 79.9. The Hall–Kier alpha value is -2.48. The Morgan fingerprint density at radius 3 is 2.71 bits per heavy atom. The number of carbonyl (C=O) groups is 1. The average Bonchev–Trinajstić information content (AvgIpc) is 2.48. The van der Waals surface area contributed by atoms with E-state index in [1.807, 2.05) is 0 Å². The molecule has 0 spiro atoms. The summed E-state index contributed by atoms with van der Waals surface area (Å²) in [6.45, 7) is 0. The standard InChI is InChI=1S/C13H11BrN4O3/c1-15-11-4-2-3-8(12(11)18(20)21)13(19)17-10-5-6-16-7-9(10)14/h2-7,15H,1H3,(H,16,17,19). The number of nitrogens with zero attached hydrogens (tertiary/aromatic N) is 2. The zero-order chi connectivity index (χ0) is 15.4. The molecule has 0 aliphatic rings. The minimum Gasteiger partial charge on any atom is -0.383 e. The Bertz CT molecular complexity index is 706. The lowest BCUT2D eigenvalue weighted by atomic mass is 10.1. The molecule has 2 N–H and O–H groups in total. The fourth-order valence-electron chi connectivity index (χ4n) is 1.79. The molecule has 2 aromatic rings. The topological polar surface area (TPSA) is 97.2 Å². The summed E-state index contributed by atoms with van der Waals surface area (Å²) in [5, 5.41) is 16.5. The van der Waals surface area contributed by atoms with Crippen LogP contribution in [-0.4, -0.2) is 22.9 Å². The number of anilines is 2. The molecule has 108 valence electrons. The van der Waals surface area contributed by atoms with Gasteiger partial charge in [-0.3, -0.25) is 19.9 Å². The number of benzene rings is 1. The fraction of sp³-hybridized carbons (Fsp3) is 0.0769. The van der Waals surface area contributed by atoms with Crippen LogP contribution in [0.4, 0.5) is 17.1 Å². The monoisotopic (exact) mass is 350 g/mol. The summed E-state index contributed by atoms with van der Waals surface area (Å²) in [7, 11) is 1.56. The molecule has 1 aromatic carbocycles. The molecule has 0 aliphatic carbocycles. The molecule has 0 fully saturated rings. The molecule has 0 unspecified atom stereocenters. The fourth-order valence-corrected chi connectivity index (χ4v) is 2.14. The zero-order valence-electron chi connectivity index (χ0n) is 11.0. The number of pyridine rings is 1. The number of nitro benzene ring substituents is 1. The molecule has 0 bridgehead atoms. The minimum absolute atomic E-state index is 0.0180. The van der Waals surface area contributed by atoms with Crippen molar-refractivity contribution >= 4 is 38.9 Å². The van der Waals surface area contributed by atoms with Gasteiger partial charge in [-0.05, 0) is 34.1 Å². The van der Waals surface area contributed by atoms with Gasteiger partial charge in [0.15, 0.2) is 0 Å². The van der Waals surface area contributed by atoms with Crippen molar-refractivity contribution in [3.8, 4) is 0 Å². The highest BCUT2D eigenvalue weighted by molar-refractivity contribution is 9.10. The first kappa shape index (κ1) is 14.9. The SMILES string of the molecule is CNc1cccc(C(=O)Nc2ccncc2Br)c1[N+](=O)[O-]. The molecule has 1 aromatic heterocycles. The summed E-state index contributed by atoms with van der Waals surface area (Å²) in [4.78, 5) is 26.8. The Kier molecular flexibility index (Phi) is 4.49. The maximum atomic E-state index is 12.3. The van der Waals surface area contributed by atoms with Gasteiger partial charge in [0, 0.05) is 19.4 Å². The summed E-state index contributed by atoms with van der Waals surface area (Å²) in [5.41, 5.74) is 0.485. The minimum atomic E-state index is -0.581. The molecule has 21 heavy (non-hydrogen) atoms. The van der Waals surface area contributed by atoms with Crippen LogP contribution in [0, 0.1) is 10.1 Å². The van der Waals surface area contributed by atoms with Crippen LogP contribution in [0.3, 0.4) is 0 Å². The summed E-state index contributed by atoms with van der Waals surface area (Å²) < 4.78 is 0.589. The van der Waals surface area contributed by atoms with Gasteiger partial charge in [0.1, 0.15) is 11.3 Å². The molecule has 0 radical (unpaired) electrons. The van der Waals surface area contributed by atoms with Crippen molar-refractivity contribution in [1.29, 1.82) is 0 Å². The number of hydrogen-bond donors (Lipinski definition) is 2. The van der Waals surface area contributed by atoms with Crippen LogP contribution in [0.25, 0.3) is 0 Å². The molecule has 1 amide bonds. The van der Waals surface area contributed by atoms with E-state index in [9.17, 15) is 14.9 Å². The first-order valence-electron chi connectivity index (χ1n) is 5.90. The first-order chi connectivity index (χ1) is 10.0. The molecule has 0 aliphatic heterocycles. The Morgan fingerprint density at radius 2 is 2.10 bits per heavy atom. The summed E-state index contributed by atoms with van der Waals surface area (Å²) in [6, 6.07) is 6.12. The number of para-hydroxylation sites is 1. The molecule has 0 saturated carbocycles. The second kappa shape index (κ2) is 6.31. The largest absolute Gasteiger partial charge is 0.383 e. The lowest BCUT2D eigenvalue weighted by Crippen LogP contribution is -2.15. The number of nitrogens with one attached hydrogen (secondary N) is 2. The molecular formula is C13H11BrN4O3. The van der Waals surface area contributed by atoms with Gasteiger partial charge < -0.3 is 10.6 Å². The van der Waals surface area contributed by atoms with Gasteiger partial charge in [0.05, 0.1) is 15.1 Å². The van der Waals surface area contributed by atoms with Crippen LogP contribution in [-0.2, 0) is 0 Å². The van der Waals surface area contributed by atoms with E-state index in [4.69, 9.17) is 0 Å². The lowest BCUT2D eigenvalue weighted by Gasteiger charge is -2.09. The van der Waals surface area contributed by atoms with Crippen molar-refractivity contribution in [2.75, 3.05) is 17.7 Å². The molecule has 2 rings (SSSR count). The second-order valence-corrected chi connectivity index (χ2v) is 4.87. The Morgan fingerprint density at radius 1 is 1.33 bits per heavy atom. The number of rotatable bonds is 4. The molecule has 8 heteroatoms. The van der Waals surface area contributed by atoms with Crippen molar-refractivity contribution in [2.45, 2.75) is 0 Å². The van der Waals surface area contributed by atoms with Crippen molar-refractivity contribution in [3.63, 3.8) is 0 Å². The molecule has 0 saturated heterocycles. The van der Waals surface area contributed by atoms with E-state index < -0.39 is 10.8 Å². The number of amides is 1. The van der Waals surface area contributed by atoms with E-state index >= 15 is 0 Å². The third-order valence-corrected chi connectivity index (χ3v) is 3.39. The maximum absolute atomic E-state index is 12.3. The average molecular weight is 351 g/mol. The molecular weight excluding hydrogens is 340 g/mol. The van der Waals surface area contributed by atoms with Crippen molar-refractivity contribution in [3.05, 3.63) is 56.8 Å². The van der Waals surface area contributed by atoms with E-state index in [-0.39, 0.29) is 16.9 Å². The van der Waals surface area contributed by atoms with Gasteiger partial charge in [-0.2, -0.15) is 0 Å². The predicted molar refractivity (Wildman–Crippen MR) is 82.5 cm³/mol.